The van der Waals surface area contributed by atoms with Gasteiger partial charge in [-0.2, -0.15) is 0 Å². The van der Waals surface area contributed by atoms with Crippen molar-refractivity contribution in [3.8, 4) is 0 Å². The monoisotopic (exact) mass is 498 g/mol. The molecule has 2 aromatic carbocycles. The van der Waals surface area contributed by atoms with Gasteiger partial charge in [0.2, 0.25) is 15.9 Å². The van der Waals surface area contributed by atoms with E-state index in [2.05, 4.69) is 27.5 Å². The molecular formula is C26H34N4O4S. The summed E-state index contributed by atoms with van der Waals surface area (Å²) in [6.07, 6.45) is 3.02. The highest BCUT2D eigenvalue weighted by Crippen LogP contribution is 2.25. The van der Waals surface area contributed by atoms with Gasteiger partial charge >= 0.3 is 0 Å². The molecule has 0 bridgehead atoms. The van der Waals surface area contributed by atoms with Crippen LogP contribution in [0.4, 0.5) is 5.69 Å². The van der Waals surface area contributed by atoms with Crippen LogP contribution in [0.15, 0.2) is 47.4 Å². The number of nitrogens with one attached hydrogen (secondary N) is 3. The minimum atomic E-state index is -3.79. The van der Waals surface area contributed by atoms with Gasteiger partial charge in [-0.25, -0.2) is 13.1 Å². The second kappa shape index (κ2) is 10.4. The summed E-state index contributed by atoms with van der Waals surface area (Å²) < 4.78 is 28.5. The van der Waals surface area contributed by atoms with E-state index in [1.165, 1.54) is 17.2 Å². The Morgan fingerprint density at radius 1 is 0.971 bits per heavy atom. The van der Waals surface area contributed by atoms with Crippen LogP contribution in [0.3, 0.4) is 0 Å². The Kier molecular flexibility index (Phi) is 7.47. The zero-order chi connectivity index (χ0) is 25.2. The number of carbonyl (C=O) groups excluding carboxylic acids is 2. The standard InChI is InChI=1S/C26H34N4O4S/c1-17(2)29-35(33,34)25-15-21(26(32)28-23-12-19-6-4-5-7-20(19)13-23)14-24(16-25)27-22-8-10-30(11-9-22)18(3)31/h4-7,14-17,22-23,27,29H,8-13H2,1-3H3,(H,28,32). The number of piperidine rings is 1. The Morgan fingerprint density at radius 3 is 2.17 bits per heavy atom. The Morgan fingerprint density at radius 2 is 1.60 bits per heavy atom. The van der Waals surface area contributed by atoms with E-state index >= 15 is 0 Å². The first kappa shape index (κ1) is 25.2. The fourth-order valence-corrected chi connectivity index (χ4v) is 6.17. The average Bonchev–Trinajstić information content (AvgIpc) is 3.20. The third-order valence-corrected chi connectivity index (χ3v) is 8.21. The normalized spacial score (nSPS) is 16.9. The van der Waals surface area contributed by atoms with E-state index in [0.717, 1.165) is 25.7 Å². The maximum atomic E-state index is 13.2. The topological polar surface area (TPSA) is 108 Å². The Bertz CT molecular complexity index is 1180. The van der Waals surface area contributed by atoms with Crippen LogP contribution in [-0.4, -0.2) is 56.3 Å². The Hall–Kier alpha value is -2.91. The van der Waals surface area contributed by atoms with E-state index in [1.807, 2.05) is 17.0 Å². The molecule has 1 fully saturated rings. The first-order chi connectivity index (χ1) is 16.6. The molecule has 2 aliphatic rings. The van der Waals surface area contributed by atoms with E-state index in [1.54, 1.807) is 32.9 Å². The third-order valence-electron chi connectivity index (χ3n) is 6.57. The van der Waals surface area contributed by atoms with Gasteiger partial charge in [0.25, 0.3) is 5.91 Å². The highest BCUT2D eigenvalue weighted by atomic mass is 32.2. The Balaban J connectivity index is 1.54. The number of fused-ring (bicyclic) bond motifs is 1. The molecule has 1 saturated heterocycles. The van der Waals surface area contributed by atoms with Crippen molar-refractivity contribution in [1.82, 2.24) is 14.9 Å². The number of benzene rings is 2. The summed E-state index contributed by atoms with van der Waals surface area (Å²) in [5, 5.41) is 6.48. The number of rotatable bonds is 7. The fourth-order valence-electron chi connectivity index (χ4n) is 4.85. The molecule has 0 spiro atoms. The van der Waals surface area contributed by atoms with Gasteiger partial charge in [-0.15, -0.1) is 0 Å². The average molecular weight is 499 g/mol. The van der Waals surface area contributed by atoms with Gasteiger partial charge in [-0.3, -0.25) is 9.59 Å². The number of sulfonamides is 1. The lowest BCUT2D eigenvalue weighted by Gasteiger charge is -2.32. The molecule has 4 rings (SSSR count). The van der Waals surface area contributed by atoms with E-state index in [4.69, 9.17) is 0 Å². The van der Waals surface area contributed by atoms with Crippen molar-refractivity contribution in [2.75, 3.05) is 18.4 Å². The molecule has 35 heavy (non-hydrogen) atoms. The maximum Gasteiger partial charge on any atom is 0.251 e. The zero-order valence-corrected chi connectivity index (χ0v) is 21.3. The number of likely N-dealkylation sites (tertiary alicyclic amines) is 1. The van der Waals surface area contributed by atoms with Crippen LogP contribution < -0.4 is 15.4 Å². The quantitative estimate of drug-likeness (QED) is 0.544. The number of hydrogen-bond donors (Lipinski definition) is 3. The fraction of sp³-hybridized carbons (Fsp3) is 0.462. The van der Waals surface area contributed by atoms with E-state index in [-0.39, 0.29) is 34.8 Å². The van der Waals surface area contributed by atoms with Gasteiger partial charge in [-0.1, -0.05) is 24.3 Å². The van der Waals surface area contributed by atoms with Crippen LogP contribution in [0.25, 0.3) is 0 Å². The van der Waals surface area contributed by atoms with Crippen LogP contribution in [0.2, 0.25) is 0 Å². The maximum absolute atomic E-state index is 13.2. The highest BCUT2D eigenvalue weighted by Gasteiger charge is 2.26. The second-order valence-corrected chi connectivity index (χ2v) is 11.5. The zero-order valence-electron chi connectivity index (χ0n) is 20.5. The van der Waals surface area contributed by atoms with Crippen molar-refractivity contribution in [1.29, 1.82) is 0 Å². The number of hydrogen-bond acceptors (Lipinski definition) is 5. The van der Waals surface area contributed by atoms with Crippen molar-refractivity contribution < 1.29 is 18.0 Å². The smallest absolute Gasteiger partial charge is 0.251 e. The second-order valence-electron chi connectivity index (χ2n) is 9.79. The molecular weight excluding hydrogens is 464 g/mol. The minimum Gasteiger partial charge on any atom is -0.382 e. The molecule has 2 amide bonds. The molecule has 1 aliphatic heterocycles. The molecule has 1 heterocycles. The molecule has 8 nitrogen and oxygen atoms in total. The summed E-state index contributed by atoms with van der Waals surface area (Å²) in [7, 11) is -3.79. The van der Waals surface area contributed by atoms with Crippen LogP contribution in [0, 0.1) is 0 Å². The van der Waals surface area contributed by atoms with Crippen molar-refractivity contribution in [3.05, 3.63) is 59.2 Å². The molecule has 9 heteroatoms. The number of anilines is 1. The van der Waals surface area contributed by atoms with Crippen LogP contribution in [0.1, 0.15) is 55.1 Å². The highest BCUT2D eigenvalue weighted by molar-refractivity contribution is 7.89. The molecule has 0 aromatic heterocycles. The Labute approximate surface area is 207 Å². The lowest BCUT2D eigenvalue weighted by atomic mass is 10.0. The molecule has 3 N–H and O–H groups in total. The van der Waals surface area contributed by atoms with Gasteiger partial charge in [0.1, 0.15) is 0 Å². The predicted molar refractivity (Wildman–Crippen MR) is 136 cm³/mol. The number of carbonyl (C=O) groups is 2. The SMILES string of the molecule is CC(=O)N1CCC(Nc2cc(C(=O)NC3Cc4ccccc4C3)cc(S(=O)(=O)NC(C)C)c2)CC1. The van der Waals surface area contributed by atoms with Crippen LogP contribution >= 0.6 is 0 Å². The predicted octanol–water partition coefficient (Wildman–Crippen LogP) is 2.69. The van der Waals surface area contributed by atoms with Crippen molar-refractivity contribution in [2.45, 2.75) is 69.5 Å². The summed E-state index contributed by atoms with van der Waals surface area (Å²) in [6.45, 7) is 6.38. The van der Waals surface area contributed by atoms with E-state index in [9.17, 15) is 18.0 Å². The third kappa shape index (κ3) is 6.21. The molecule has 0 saturated carbocycles. The molecule has 0 atom stereocenters. The van der Waals surface area contributed by atoms with Crippen molar-refractivity contribution >= 4 is 27.5 Å². The van der Waals surface area contributed by atoms with Gasteiger partial charge in [0.05, 0.1) is 4.90 Å². The largest absolute Gasteiger partial charge is 0.382 e. The summed E-state index contributed by atoms with van der Waals surface area (Å²) >= 11 is 0. The number of amides is 2. The lowest BCUT2D eigenvalue weighted by Crippen LogP contribution is -2.41. The number of nitrogens with zero attached hydrogens (tertiary/aromatic N) is 1. The molecule has 0 radical (unpaired) electrons. The van der Waals surface area contributed by atoms with Gasteiger partial charge < -0.3 is 15.5 Å². The molecule has 2 aromatic rings. The summed E-state index contributed by atoms with van der Waals surface area (Å²) in [5.41, 5.74) is 3.35. The lowest BCUT2D eigenvalue weighted by molar-refractivity contribution is -0.129. The summed E-state index contributed by atoms with van der Waals surface area (Å²) in [4.78, 5) is 26.7. The van der Waals surface area contributed by atoms with Gasteiger partial charge in [-0.05, 0) is 68.9 Å². The molecule has 0 unspecified atom stereocenters. The van der Waals surface area contributed by atoms with Gasteiger partial charge in [0.15, 0.2) is 0 Å². The van der Waals surface area contributed by atoms with Crippen molar-refractivity contribution in [2.24, 2.45) is 0 Å². The van der Waals surface area contributed by atoms with Crippen LogP contribution in [-0.2, 0) is 27.7 Å². The first-order valence-corrected chi connectivity index (χ1v) is 13.7. The van der Waals surface area contributed by atoms with E-state index in [0.29, 0.717) is 24.3 Å². The van der Waals surface area contributed by atoms with Crippen molar-refractivity contribution in [3.63, 3.8) is 0 Å². The first-order valence-electron chi connectivity index (χ1n) is 12.2. The van der Waals surface area contributed by atoms with Gasteiger partial charge in [0, 0.05) is 49.4 Å². The minimum absolute atomic E-state index is 0.0266. The molecule has 1 aliphatic carbocycles. The summed E-state index contributed by atoms with van der Waals surface area (Å²) in [6, 6.07) is 12.6. The van der Waals surface area contributed by atoms with Crippen LogP contribution in [0.5, 0.6) is 0 Å². The molecule has 188 valence electrons. The summed E-state index contributed by atoms with van der Waals surface area (Å²) in [5.74, 6) is -0.233. The van der Waals surface area contributed by atoms with E-state index < -0.39 is 10.0 Å².